The van der Waals surface area contributed by atoms with E-state index in [9.17, 15) is 20.0 Å². The van der Waals surface area contributed by atoms with Gasteiger partial charge in [-0.15, -0.1) is 11.7 Å². The third-order valence-electron chi connectivity index (χ3n) is 4.73. The van der Waals surface area contributed by atoms with Crippen molar-refractivity contribution in [2.75, 3.05) is 12.4 Å². The number of thioether (sulfide) groups is 1. The molecule has 0 aliphatic carbocycles. The zero-order valence-corrected chi connectivity index (χ0v) is 17.8. The molecule has 0 radical (unpaired) electrons. The van der Waals surface area contributed by atoms with E-state index in [1.807, 2.05) is 0 Å². The first-order chi connectivity index (χ1) is 15.4. The fourth-order valence-electron chi connectivity index (χ4n) is 3.41. The van der Waals surface area contributed by atoms with Gasteiger partial charge in [-0.1, -0.05) is 36.0 Å². The van der Waals surface area contributed by atoms with Crippen LogP contribution in [0.25, 0.3) is 5.70 Å². The first kappa shape index (κ1) is 21.4. The van der Waals surface area contributed by atoms with Crippen molar-refractivity contribution in [2.24, 2.45) is 10.1 Å². The lowest BCUT2D eigenvalue weighted by molar-refractivity contribution is -0.386. The summed E-state index contributed by atoms with van der Waals surface area (Å²) < 4.78 is 5.41. The second-order valence-corrected chi connectivity index (χ2v) is 7.76. The van der Waals surface area contributed by atoms with Gasteiger partial charge in [0.2, 0.25) is 5.75 Å². The minimum atomic E-state index is -0.885. The summed E-state index contributed by atoms with van der Waals surface area (Å²) in [6, 6.07) is 9.79. The van der Waals surface area contributed by atoms with Gasteiger partial charge in [0.25, 0.3) is 5.91 Å². The Kier molecular flexibility index (Phi) is 5.82. The molecule has 11 heteroatoms. The minimum absolute atomic E-state index is 0.0426. The van der Waals surface area contributed by atoms with Gasteiger partial charge >= 0.3 is 5.69 Å². The molecule has 1 unspecified atom stereocenters. The van der Waals surface area contributed by atoms with Gasteiger partial charge in [0.1, 0.15) is 5.70 Å². The van der Waals surface area contributed by atoms with Crippen molar-refractivity contribution in [1.82, 2.24) is 10.3 Å². The number of nitrogens with zero attached hydrogens (tertiary/aromatic N) is 4. The van der Waals surface area contributed by atoms with E-state index in [1.165, 1.54) is 28.9 Å². The molecule has 2 aliphatic heterocycles. The standard InChI is InChI=1S/C21H19N5O5S/c1-3-9-32-21-23-20(28)17-13-7-5-6-8-14(13)22-19(25(17)24-21)12-10-15(26(29)30)18(27)16(11-12)31-4-2/h3,5-8,10-11,19,27H,1,4,9H2,2H3,(H,23,24,28). The van der Waals surface area contributed by atoms with E-state index < -0.39 is 22.5 Å². The molecule has 0 saturated heterocycles. The Morgan fingerprint density at radius 2 is 2.19 bits per heavy atom. The van der Waals surface area contributed by atoms with Crippen LogP contribution >= 0.6 is 11.8 Å². The van der Waals surface area contributed by atoms with E-state index in [0.717, 1.165) is 0 Å². The number of carbonyl (C=O) groups excluding carboxylic acids is 1. The summed E-state index contributed by atoms with van der Waals surface area (Å²) >= 11 is 1.29. The first-order valence-corrected chi connectivity index (χ1v) is 10.7. The average molecular weight is 453 g/mol. The average Bonchev–Trinajstić information content (AvgIpc) is 2.78. The number of amidine groups is 1. The molecule has 0 spiro atoms. The minimum Gasteiger partial charge on any atom is -0.500 e. The van der Waals surface area contributed by atoms with Crippen LogP contribution in [0.3, 0.4) is 0 Å². The lowest BCUT2D eigenvalue weighted by atomic mass is 10.1. The van der Waals surface area contributed by atoms with Gasteiger partial charge in [-0.25, -0.2) is 5.01 Å². The van der Waals surface area contributed by atoms with Gasteiger partial charge in [-0.2, -0.15) is 0 Å². The van der Waals surface area contributed by atoms with Crippen LogP contribution in [-0.2, 0) is 4.79 Å². The summed E-state index contributed by atoms with van der Waals surface area (Å²) in [5.41, 5.74) is 0.0990. The van der Waals surface area contributed by atoms with Gasteiger partial charge in [0.05, 0.1) is 16.9 Å². The van der Waals surface area contributed by atoms with Crippen LogP contribution < -0.4 is 20.6 Å². The highest BCUT2D eigenvalue weighted by molar-refractivity contribution is 8.14. The summed E-state index contributed by atoms with van der Waals surface area (Å²) in [6.45, 7) is 5.57. The summed E-state index contributed by atoms with van der Waals surface area (Å²) in [7, 11) is 0. The van der Waals surface area contributed by atoms with Crippen molar-refractivity contribution >= 4 is 34.2 Å². The molecule has 0 aromatic heterocycles. The molecule has 164 valence electrons. The highest BCUT2D eigenvalue weighted by Gasteiger charge is 2.36. The normalized spacial score (nSPS) is 16.8. The zero-order chi connectivity index (χ0) is 22.8. The van der Waals surface area contributed by atoms with Gasteiger partial charge in [-0.05, 0) is 19.1 Å². The molecule has 1 amide bonds. The highest BCUT2D eigenvalue weighted by Crippen LogP contribution is 2.41. The topological polar surface area (TPSA) is 130 Å². The monoisotopic (exact) mass is 453 g/mol. The second kappa shape index (κ2) is 8.71. The number of hydrogen-bond donors (Lipinski definition) is 2. The number of hydrazone groups is 1. The van der Waals surface area contributed by atoms with Crippen molar-refractivity contribution in [3.05, 3.63) is 75.3 Å². The molecule has 1 atom stereocenters. The molecule has 2 aliphatic rings. The van der Waals surface area contributed by atoms with E-state index in [-0.39, 0.29) is 24.0 Å². The Balaban J connectivity index is 1.94. The Morgan fingerprint density at radius 1 is 1.41 bits per heavy atom. The molecule has 0 bridgehead atoms. The van der Waals surface area contributed by atoms with E-state index in [4.69, 9.17) is 9.73 Å². The number of nitro groups is 1. The quantitative estimate of drug-likeness (QED) is 0.387. The maximum atomic E-state index is 13.0. The number of fused-ring (bicyclic) bond motifs is 2. The number of phenols is 1. The molecule has 4 rings (SSSR count). The van der Waals surface area contributed by atoms with Crippen LogP contribution in [-0.4, -0.2) is 38.5 Å². The van der Waals surface area contributed by atoms with E-state index >= 15 is 0 Å². The number of ether oxygens (including phenoxy) is 1. The van der Waals surface area contributed by atoms with E-state index in [2.05, 4.69) is 17.0 Å². The number of benzene rings is 2. The highest BCUT2D eigenvalue weighted by atomic mass is 32.2. The van der Waals surface area contributed by atoms with Crippen LogP contribution in [0.5, 0.6) is 11.5 Å². The number of rotatable bonds is 6. The van der Waals surface area contributed by atoms with Gasteiger partial charge in [-0.3, -0.25) is 25.2 Å². The fraction of sp³-hybridized carbons (Fsp3) is 0.190. The van der Waals surface area contributed by atoms with E-state index in [0.29, 0.717) is 27.1 Å². The molecule has 2 aromatic carbocycles. The van der Waals surface area contributed by atoms with Crippen LogP contribution in [0.2, 0.25) is 0 Å². The molecule has 0 fully saturated rings. The first-order valence-electron chi connectivity index (χ1n) is 9.68. The SMILES string of the molecule is C=CCSC1=NN2C(=c3ccccc3=NC2c2cc(OCC)c(O)c([N+](=O)[O-])c2)C(=O)N1. The van der Waals surface area contributed by atoms with Crippen LogP contribution in [0.1, 0.15) is 18.7 Å². The molecule has 2 heterocycles. The summed E-state index contributed by atoms with van der Waals surface area (Å²) in [5, 5.41) is 32.1. The number of phenolic OH excluding ortho intramolecular Hbond substituents is 1. The zero-order valence-electron chi connectivity index (χ0n) is 17.0. The number of nitrogens with one attached hydrogen (secondary N) is 1. The van der Waals surface area contributed by atoms with Crippen molar-refractivity contribution in [2.45, 2.75) is 13.1 Å². The largest absolute Gasteiger partial charge is 0.500 e. The molecular weight excluding hydrogens is 434 g/mol. The predicted octanol–water partition coefficient (Wildman–Crippen LogP) is 1.76. The molecule has 0 saturated carbocycles. The number of hydrogen-bond acceptors (Lipinski definition) is 9. The van der Waals surface area contributed by atoms with Crippen molar-refractivity contribution < 1.29 is 19.6 Å². The smallest absolute Gasteiger partial charge is 0.315 e. The maximum absolute atomic E-state index is 13.0. The van der Waals surface area contributed by atoms with Crippen molar-refractivity contribution in [3.63, 3.8) is 0 Å². The van der Waals surface area contributed by atoms with Gasteiger partial charge in [0.15, 0.2) is 17.1 Å². The third kappa shape index (κ3) is 3.78. The fourth-order valence-corrected chi connectivity index (χ4v) is 4.00. The van der Waals surface area contributed by atoms with Gasteiger partial charge < -0.3 is 9.84 Å². The molecule has 10 nitrogen and oxygen atoms in total. The predicted molar refractivity (Wildman–Crippen MR) is 119 cm³/mol. The van der Waals surface area contributed by atoms with Crippen molar-refractivity contribution in [1.29, 1.82) is 0 Å². The van der Waals surface area contributed by atoms with Crippen molar-refractivity contribution in [3.8, 4) is 11.5 Å². The van der Waals surface area contributed by atoms with Crippen LogP contribution in [0, 0.1) is 10.1 Å². The van der Waals surface area contributed by atoms with Crippen LogP contribution in [0.4, 0.5) is 5.69 Å². The van der Waals surface area contributed by atoms with Crippen LogP contribution in [0.15, 0.2) is 59.1 Å². The number of carbonyl (C=O) groups is 1. The van der Waals surface area contributed by atoms with E-state index in [1.54, 1.807) is 37.3 Å². The Morgan fingerprint density at radius 3 is 2.91 bits per heavy atom. The molecular formula is C21H19N5O5S. The Labute approximate surface area is 186 Å². The third-order valence-corrected chi connectivity index (χ3v) is 5.58. The maximum Gasteiger partial charge on any atom is 0.315 e. The Bertz CT molecular complexity index is 1280. The lowest BCUT2D eigenvalue weighted by Crippen LogP contribution is -2.50. The number of amides is 1. The molecule has 2 aromatic rings. The lowest BCUT2D eigenvalue weighted by Gasteiger charge is -2.34. The molecule has 2 N–H and O–H groups in total. The summed E-state index contributed by atoms with van der Waals surface area (Å²) in [4.78, 5) is 28.6. The molecule has 32 heavy (non-hydrogen) atoms. The van der Waals surface area contributed by atoms with Gasteiger partial charge in [0, 0.05) is 22.6 Å². The number of para-hydroxylation sites is 1. The Hall–Kier alpha value is -3.86. The summed E-state index contributed by atoms with van der Waals surface area (Å²) in [6.07, 6.45) is 0.799. The number of nitro benzene ring substituents is 1. The second-order valence-electron chi connectivity index (χ2n) is 6.75. The summed E-state index contributed by atoms with van der Waals surface area (Å²) in [5.74, 6) is -0.445. The number of aromatic hydroxyl groups is 1.